The molecule has 0 unspecified atom stereocenters. The maximum atomic E-state index is 10.7. The molecule has 0 saturated heterocycles. The van der Waals surface area contributed by atoms with Crippen molar-refractivity contribution in [1.29, 1.82) is 0 Å². The number of carbonyl (C=O) groups is 1. The highest BCUT2D eigenvalue weighted by Gasteiger charge is 2.05. The van der Waals surface area contributed by atoms with Crippen molar-refractivity contribution in [2.45, 2.75) is 13.5 Å². The highest BCUT2D eigenvalue weighted by molar-refractivity contribution is 7.10. The van der Waals surface area contributed by atoms with E-state index in [1.54, 1.807) is 11.4 Å². The predicted molar refractivity (Wildman–Crippen MR) is 66.2 cm³/mol. The molecule has 0 aliphatic carbocycles. The summed E-state index contributed by atoms with van der Waals surface area (Å²) in [5.74, 6) is -0.854. The van der Waals surface area contributed by atoms with Crippen LogP contribution in [0.4, 0.5) is 0 Å². The first-order chi connectivity index (χ1) is 7.63. The van der Waals surface area contributed by atoms with Gasteiger partial charge in [0.2, 0.25) is 0 Å². The lowest BCUT2D eigenvalue weighted by Gasteiger charge is -2.13. The third-order valence-electron chi connectivity index (χ3n) is 2.41. The Kier molecular flexibility index (Phi) is 5.45. The normalized spacial score (nSPS) is 10.9. The van der Waals surface area contributed by atoms with Gasteiger partial charge in [0.1, 0.15) is 0 Å². The minimum absolute atomic E-state index is 0.382. The van der Waals surface area contributed by atoms with Crippen LogP contribution in [0.15, 0.2) is 11.4 Å². The Morgan fingerprint density at radius 2 is 2.38 bits per heavy atom. The molecular formula is C11H18N2O2S. The second-order valence-electron chi connectivity index (χ2n) is 3.68. The summed E-state index contributed by atoms with van der Waals surface area (Å²) in [6.07, 6.45) is 0. The van der Waals surface area contributed by atoms with Gasteiger partial charge in [0, 0.05) is 29.9 Å². The summed E-state index contributed by atoms with van der Waals surface area (Å²) in [5, 5.41) is 13.7. The molecule has 0 bridgehead atoms. The average molecular weight is 242 g/mol. The second kappa shape index (κ2) is 6.62. The Morgan fingerprint density at radius 3 is 2.94 bits per heavy atom. The quantitative estimate of drug-likeness (QED) is 0.711. The number of rotatable bonds is 7. The van der Waals surface area contributed by atoms with E-state index < -0.39 is 5.97 Å². The monoisotopic (exact) mass is 242 g/mol. The lowest BCUT2D eigenvalue weighted by Crippen LogP contribution is -2.28. The van der Waals surface area contributed by atoms with Gasteiger partial charge in [-0.2, -0.15) is 0 Å². The summed E-state index contributed by atoms with van der Waals surface area (Å²) in [6, 6.07) is 1.73. The van der Waals surface area contributed by atoms with Crippen LogP contribution in [0.3, 0.4) is 0 Å². The van der Waals surface area contributed by atoms with E-state index in [2.05, 4.69) is 24.2 Å². The first-order valence-corrected chi connectivity index (χ1v) is 6.21. The first kappa shape index (κ1) is 13.2. The van der Waals surface area contributed by atoms with Crippen LogP contribution in [0, 0.1) is 0 Å². The van der Waals surface area contributed by atoms with Crippen LogP contribution in [0.25, 0.3) is 0 Å². The van der Waals surface area contributed by atoms with Crippen LogP contribution in [-0.2, 0) is 6.54 Å². The lowest BCUT2D eigenvalue weighted by atomic mass is 10.3. The Balaban J connectivity index is 2.24. The third kappa shape index (κ3) is 4.30. The molecule has 90 valence electrons. The van der Waals surface area contributed by atoms with Crippen molar-refractivity contribution in [2.24, 2.45) is 0 Å². The summed E-state index contributed by atoms with van der Waals surface area (Å²) < 4.78 is 0. The summed E-state index contributed by atoms with van der Waals surface area (Å²) in [6.45, 7) is 5.84. The fourth-order valence-corrected chi connectivity index (χ4v) is 2.05. The number of carboxylic acid groups (broad SMARTS) is 1. The van der Waals surface area contributed by atoms with E-state index in [1.165, 1.54) is 11.3 Å². The van der Waals surface area contributed by atoms with Crippen LogP contribution in [0.5, 0.6) is 0 Å². The molecule has 4 nitrogen and oxygen atoms in total. The zero-order chi connectivity index (χ0) is 12.0. The van der Waals surface area contributed by atoms with Gasteiger partial charge in [0.15, 0.2) is 0 Å². The van der Waals surface area contributed by atoms with Crippen LogP contribution >= 0.6 is 11.3 Å². The van der Waals surface area contributed by atoms with Crippen molar-refractivity contribution in [3.05, 3.63) is 21.9 Å². The van der Waals surface area contributed by atoms with E-state index in [4.69, 9.17) is 5.11 Å². The molecule has 1 heterocycles. The lowest BCUT2D eigenvalue weighted by molar-refractivity contribution is 0.0697. The number of hydrogen-bond acceptors (Lipinski definition) is 4. The molecule has 1 rings (SSSR count). The van der Waals surface area contributed by atoms with Crippen molar-refractivity contribution in [2.75, 3.05) is 26.7 Å². The van der Waals surface area contributed by atoms with Gasteiger partial charge < -0.3 is 15.3 Å². The van der Waals surface area contributed by atoms with Crippen LogP contribution in [0.1, 0.15) is 22.2 Å². The molecule has 0 fully saturated rings. The zero-order valence-corrected chi connectivity index (χ0v) is 10.5. The van der Waals surface area contributed by atoms with Gasteiger partial charge >= 0.3 is 5.97 Å². The topological polar surface area (TPSA) is 52.6 Å². The number of aromatic carboxylic acids is 1. The SMILES string of the molecule is CCN(C)CCNCc1cc(C(=O)O)cs1. The van der Waals surface area contributed by atoms with Gasteiger partial charge in [-0.15, -0.1) is 11.3 Å². The molecule has 0 aliphatic rings. The molecule has 2 N–H and O–H groups in total. The minimum Gasteiger partial charge on any atom is -0.478 e. The molecular weight excluding hydrogens is 224 g/mol. The number of nitrogens with one attached hydrogen (secondary N) is 1. The summed E-state index contributed by atoms with van der Waals surface area (Å²) in [7, 11) is 2.08. The molecule has 1 aromatic heterocycles. The van der Waals surface area contributed by atoms with Crippen molar-refractivity contribution < 1.29 is 9.90 Å². The summed E-state index contributed by atoms with van der Waals surface area (Å²) in [4.78, 5) is 13.9. The van der Waals surface area contributed by atoms with Crippen LogP contribution in [-0.4, -0.2) is 42.7 Å². The molecule has 0 aliphatic heterocycles. The Labute approximate surface area is 99.9 Å². The van der Waals surface area contributed by atoms with E-state index in [1.807, 2.05) is 0 Å². The number of carboxylic acids is 1. The molecule has 5 heteroatoms. The predicted octanol–water partition coefficient (Wildman–Crippen LogP) is 1.49. The van der Waals surface area contributed by atoms with Gasteiger partial charge in [-0.1, -0.05) is 6.92 Å². The van der Waals surface area contributed by atoms with E-state index >= 15 is 0 Å². The Bertz CT molecular complexity index is 338. The molecule has 1 aromatic rings. The van der Waals surface area contributed by atoms with Gasteiger partial charge in [-0.3, -0.25) is 0 Å². The molecule has 0 amide bonds. The van der Waals surface area contributed by atoms with E-state index in [-0.39, 0.29) is 0 Å². The number of nitrogens with zero attached hydrogens (tertiary/aromatic N) is 1. The molecule has 0 atom stereocenters. The van der Waals surface area contributed by atoms with Gasteiger partial charge in [-0.25, -0.2) is 4.79 Å². The van der Waals surface area contributed by atoms with E-state index in [0.717, 1.165) is 31.1 Å². The van der Waals surface area contributed by atoms with Crippen molar-refractivity contribution in [1.82, 2.24) is 10.2 Å². The van der Waals surface area contributed by atoms with Crippen LogP contribution < -0.4 is 5.32 Å². The van der Waals surface area contributed by atoms with Gasteiger partial charge in [-0.05, 0) is 19.7 Å². The zero-order valence-electron chi connectivity index (χ0n) is 9.69. The molecule has 0 saturated carbocycles. The van der Waals surface area contributed by atoms with E-state index in [9.17, 15) is 4.79 Å². The fourth-order valence-electron chi connectivity index (χ4n) is 1.23. The minimum atomic E-state index is -0.854. The Morgan fingerprint density at radius 1 is 1.62 bits per heavy atom. The van der Waals surface area contributed by atoms with Crippen molar-refractivity contribution in [3.63, 3.8) is 0 Å². The number of thiophene rings is 1. The highest BCUT2D eigenvalue weighted by atomic mass is 32.1. The highest BCUT2D eigenvalue weighted by Crippen LogP contribution is 2.14. The first-order valence-electron chi connectivity index (χ1n) is 5.33. The van der Waals surface area contributed by atoms with E-state index in [0.29, 0.717) is 5.56 Å². The number of likely N-dealkylation sites (N-methyl/N-ethyl adjacent to an activating group) is 1. The average Bonchev–Trinajstić information content (AvgIpc) is 2.72. The van der Waals surface area contributed by atoms with Crippen LogP contribution in [0.2, 0.25) is 0 Å². The van der Waals surface area contributed by atoms with Crippen molar-refractivity contribution in [3.8, 4) is 0 Å². The molecule has 0 spiro atoms. The fraction of sp³-hybridized carbons (Fsp3) is 0.545. The maximum absolute atomic E-state index is 10.7. The standard InChI is InChI=1S/C11H18N2O2S/c1-3-13(2)5-4-12-7-10-6-9(8-16-10)11(14)15/h6,8,12H,3-5,7H2,1-2H3,(H,14,15). The Hall–Kier alpha value is -0.910. The maximum Gasteiger partial charge on any atom is 0.336 e. The van der Waals surface area contributed by atoms with Gasteiger partial charge in [0.25, 0.3) is 0 Å². The largest absolute Gasteiger partial charge is 0.478 e. The summed E-state index contributed by atoms with van der Waals surface area (Å²) >= 11 is 1.49. The molecule has 0 aromatic carbocycles. The van der Waals surface area contributed by atoms with Crippen molar-refractivity contribution >= 4 is 17.3 Å². The third-order valence-corrected chi connectivity index (χ3v) is 3.35. The van der Waals surface area contributed by atoms with Gasteiger partial charge in [0.05, 0.1) is 5.56 Å². The second-order valence-corrected chi connectivity index (χ2v) is 4.68. The smallest absolute Gasteiger partial charge is 0.336 e. The molecule has 0 radical (unpaired) electrons. The molecule has 16 heavy (non-hydrogen) atoms. The number of hydrogen-bond donors (Lipinski definition) is 2. The summed E-state index contributed by atoms with van der Waals surface area (Å²) in [5.41, 5.74) is 0.382.